The molecule has 1 aromatic carbocycles. The van der Waals surface area contributed by atoms with Gasteiger partial charge in [-0.1, -0.05) is 6.07 Å². The number of carbonyl (C=O) groups excluding carboxylic acids is 2. The van der Waals surface area contributed by atoms with Crippen LogP contribution in [0, 0.1) is 11.2 Å². The number of aromatic nitrogens is 1. The lowest BCUT2D eigenvalue weighted by Gasteiger charge is -2.46. The van der Waals surface area contributed by atoms with Gasteiger partial charge in [-0.2, -0.15) is 0 Å². The van der Waals surface area contributed by atoms with Crippen molar-refractivity contribution in [3.05, 3.63) is 46.0 Å². The summed E-state index contributed by atoms with van der Waals surface area (Å²) in [5, 5.41) is 13.3. The number of H-pyrrole nitrogens is 1. The molecule has 2 fully saturated rings. The molecule has 4 rings (SSSR count). The van der Waals surface area contributed by atoms with Gasteiger partial charge in [0.2, 0.25) is 11.3 Å². The van der Waals surface area contributed by atoms with Gasteiger partial charge in [0, 0.05) is 31.2 Å². The minimum Gasteiger partial charge on any atom is -0.392 e. The number of amides is 2. The summed E-state index contributed by atoms with van der Waals surface area (Å²) in [7, 11) is 0. The summed E-state index contributed by atoms with van der Waals surface area (Å²) in [4.78, 5) is 42.3. The second-order valence-electron chi connectivity index (χ2n) is 7.24. The first kappa shape index (κ1) is 17.7. The fraction of sp³-hybridized carbons (Fsp3) is 0.421. The Hall–Kier alpha value is -2.74. The molecule has 2 aromatic rings. The zero-order chi connectivity index (χ0) is 19.2. The quantitative estimate of drug-likeness (QED) is 0.687. The highest BCUT2D eigenvalue weighted by Crippen LogP contribution is 2.37. The Morgan fingerprint density at radius 3 is 2.93 bits per heavy atom. The number of benzene rings is 1. The number of carbonyl (C=O) groups is 2. The molecular weight excluding hydrogens is 353 g/mol. The maximum absolute atomic E-state index is 13.8. The van der Waals surface area contributed by atoms with Crippen molar-refractivity contribution >= 4 is 22.7 Å². The van der Waals surface area contributed by atoms with Crippen LogP contribution in [0.3, 0.4) is 0 Å². The lowest BCUT2D eigenvalue weighted by atomic mass is 9.71. The molecule has 0 aliphatic carbocycles. The number of rotatable bonds is 1. The van der Waals surface area contributed by atoms with E-state index in [0.29, 0.717) is 13.0 Å². The smallest absolute Gasteiger partial charge is 0.259 e. The summed E-state index contributed by atoms with van der Waals surface area (Å²) in [5.41, 5.74) is -1.64. The summed E-state index contributed by atoms with van der Waals surface area (Å²) in [6.07, 6.45) is 1.86. The molecule has 7 nitrogen and oxygen atoms in total. The molecular formula is C19H20FN3O4. The van der Waals surface area contributed by atoms with Gasteiger partial charge < -0.3 is 20.3 Å². The van der Waals surface area contributed by atoms with Crippen molar-refractivity contribution < 1.29 is 19.1 Å². The standard InChI is InChI=1S/C19H20FN3O4/c20-13-4-1-3-11-15(13)22-9-12(16(11)25)17(26)23-8-5-14(24)19(10-23)6-2-7-21-18(19)27/h1,3-4,9,14,24H,2,5-8,10H2,(H,21,27)(H,22,25)/t14-,19+/m0/s1. The highest BCUT2D eigenvalue weighted by molar-refractivity contribution is 5.98. The maximum Gasteiger partial charge on any atom is 0.259 e. The number of hydrogen-bond acceptors (Lipinski definition) is 4. The molecule has 8 heteroatoms. The monoisotopic (exact) mass is 373 g/mol. The summed E-state index contributed by atoms with van der Waals surface area (Å²) in [5.74, 6) is -1.34. The fourth-order valence-corrected chi connectivity index (χ4v) is 4.16. The van der Waals surface area contributed by atoms with Crippen LogP contribution < -0.4 is 10.7 Å². The van der Waals surface area contributed by atoms with Gasteiger partial charge >= 0.3 is 0 Å². The Morgan fingerprint density at radius 1 is 1.33 bits per heavy atom. The van der Waals surface area contributed by atoms with E-state index >= 15 is 0 Å². The van der Waals surface area contributed by atoms with Crippen LogP contribution >= 0.6 is 0 Å². The van der Waals surface area contributed by atoms with E-state index < -0.39 is 28.7 Å². The zero-order valence-corrected chi connectivity index (χ0v) is 14.6. The number of nitrogens with one attached hydrogen (secondary N) is 2. The van der Waals surface area contributed by atoms with E-state index in [1.54, 1.807) is 0 Å². The van der Waals surface area contributed by atoms with E-state index in [0.717, 1.165) is 6.42 Å². The van der Waals surface area contributed by atoms with Crippen LogP contribution in [0.15, 0.2) is 29.2 Å². The third kappa shape index (κ3) is 2.71. The van der Waals surface area contributed by atoms with Crippen molar-refractivity contribution in [2.75, 3.05) is 19.6 Å². The van der Waals surface area contributed by atoms with Crippen LogP contribution in [-0.4, -0.2) is 52.5 Å². The molecule has 2 aliphatic heterocycles. The number of para-hydroxylation sites is 1. The van der Waals surface area contributed by atoms with Crippen molar-refractivity contribution in [1.82, 2.24) is 15.2 Å². The molecule has 2 saturated heterocycles. The molecule has 1 aromatic heterocycles. The van der Waals surface area contributed by atoms with Gasteiger partial charge in [0.05, 0.1) is 17.0 Å². The summed E-state index contributed by atoms with van der Waals surface area (Å²) < 4.78 is 13.8. The minimum absolute atomic E-state index is 0.0521. The van der Waals surface area contributed by atoms with E-state index in [4.69, 9.17) is 0 Å². The molecule has 0 saturated carbocycles. The molecule has 0 bridgehead atoms. The van der Waals surface area contributed by atoms with Gasteiger partial charge in [0.15, 0.2) is 0 Å². The molecule has 2 atom stereocenters. The van der Waals surface area contributed by atoms with Crippen molar-refractivity contribution in [3.8, 4) is 0 Å². The van der Waals surface area contributed by atoms with Crippen molar-refractivity contribution in [1.29, 1.82) is 0 Å². The topological polar surface area (TPSA) is 102 Å². The Kier molecular flexibility index (Phi) is 4.22. The summed E-state index contributed by atoms with van der Waals surface area (Å²) in [6.45, 7) is 0.853. The molecule has 27 heavy (non-hydrogen) atoms. The second-order valence-corrected chi connectivity index (χ2v) is 7.24. The first-order valence-corrected chi connectivity index (χ1v) is 8.99. The number of nitrogens with zero attached hydrogens (tertiary/aromatic N) is 1. The van der Waals surface area contributed by atoms with Gasteiger partial charge in [-0.05, 0) is 31.4 Å². The first-order valence-electron chi connectivity index (χ1n) is 8.99. The number of hydrogen-bond donors (Lipinski definition) is 3. The van der Waals surface area contributed by atoms with Crippen LogP contribution in [0.5, 0.6) is 0 Å². The zero-order valence-electron chi connectivity index (χ0n) is 14.6. The van der Waals surface area contributed by atoms with Crippen LogP contribution in [0.1, 0.15) is 29.6 Å². The van der Waals surface area contributed by atoms with Gasteiger partial charge in [0.25, 0.3) is 5.91 Å². The predicted octanol–water partition coefficient (Wildman–Crippen LogP) is 0.770. The predicted molar refractivity (Wildman–Crippen MR) is 95.7 cm³/mol. The van der Waals surface area contributed by atoms with Crippen molar-refractivity contribution in [3.63, 3.8) is 0 Å². The number of aliphatic hydroxyl groups excluding tert-OH is 1. The average Bonchev–Trinajstić information content (AvgIpc) is 2.67. The Balaban J connectivity index is 1.69. The Labute approximate surface area is 154 Å². The lowest BCUT2D eigenvalue weighted by molar-refractivity contribution is -0.147. The molecule has 0 unspecified atom stereocenters. The molecule has 0 radical (unpaired) electrons. The van der Waals surface area contributed by atoms with E-state index in [1.807, 2.05) is 0 Å². The lowest BCUT2D eigenvalue weighted by Crippen LogP contribution is -2.62. The van der Waals surface area contributed by atoms with Gasteiger partial charge in [0.1, 0.15) is 11.4 Å². The molecule has 3 N–H and O–H groups in total. The Morgan fingerprint density at radius 2 is 2.15 bits per heavy atom. The highest BCUT2D eigenvalue weighted by Gasteiger charge is 2.50. The highest BCUT2D eigenvalue weighted by atomic mass is 19.1. The summed E-state index contributed by atoms with van der Waals surface area (Å²) >= 11 is 0. The summed E-state index contributed by atoms with van der Waals surface area (Å²) in [6, 6.07) is 4.11. The Bertz CT molecular complexity index is 989. The normalized spacial score (nSPS) is 25.6. The van der Waals surface area contributed by atoms with Gasteiger partial charge in [-0.15, -0.1) is 0 Å². The maximum atomic E-state index is 13.8. The fourth-order valence-electron chi connectivity index (χ4n) is 4.16. The minimum atomic E-state index is -1.04. The number of piperidine rings is 2. The second kappa shape index (κ2) is 6.45. The SMILES string of the molecule is O=C(c1c[nH]c2c(F)cccc2c1=O)N1CC[C@H](O)[C@@]2(CCCNC2=O)C1. The number of likely N-dealkylation sites (tertiary alicyclic amines) is 1. The third-order valence-electron chi connectivity index (χ3n) is 5.70. The van der Waals surface area contributed by atoms with E-state index in [-0.39, 0.29) is 41.9 Å². The largest absolute Gasteiger partial charge is 0.392 e. The van der Waals surface area contributed by atoms with E-state index in [9.17, 15) is 23.9 Å². The molecule has 3 heterocycles. The first-order chi connectivity index (χ1) is 12.9. The molecule has 2 aliphatic rings. The van der Waals surface area contributed by atoms with E-state index in [1.165, 1.54) is 29.3 Å². The van der Waals surface area contributed by atoms with E-state index in [2.05, 4.69) is 10.3 Å². The molecule has 1 spiro atoms. The van der Waals surface area contributed by atoms with Crippen LogP contribution in [-0.2, 0) is 4.79 Å². The van der Waals surface area contributed by atoms with Crippen LogP contribution in [0.2, 0.25) is 0 Å². The van der Waals surface area contributed by atoms with Crippen molar-refractivity contribution in [2.24, 2.45) is 5.41 Å². The van der Waals surface area contributed by atoms with Crippen molar-refractivity contribution in [2.45, 2.75) is 25.4 Å². The van der Waals surface area contributed by atoms with Gasteiger partial charge in [-0.3, -0.25) is 14.4 Å². The number of aromatic amines is 1. The molecule has 142 valence electrons. The number of pyridine rings is 1. The van der Waals surface area contributed by atoms with Crippen LogP contribution in [0.4, 0.5) is 4.39 Å². The van der Waals surface area contributed by atoms with Gasteiger partial charge in [-0.25, -0.2) is 4.39 Å². The third-order valence-corrected chi connectivity index (χ3v) is 5.70. The average molecular weight is 373 g/mol. The number of halogens is 1. The van der Waals surface area contributed by atoms with Crippen LogP contribution in [0.25, 0.3) is 10.9 Å². The molecule has 2 amide bonds. The number of aliphatic hydroxyl groups is 1. The number of fused-ring (bicyclic) bond motifs is 1.